The van der Waals surface area contributed by atoms with Crippen molar-refractivity contribution in [3.8, 4) is 0 Å². The quantitative estimate of drug-likeness (QED) is 0.0774. The van der Waals surface area contributed by atoms with E-state index < -0.39 is 151 Å². The van der Waals surface area contributed by atoms with Crippen molar-refractivity contribution in [1.82, 2.24) is 32.5 Å². The van der Waals surface area contributed by atoms with Gasteiger partial charge in [0.15, 0.2) is 18.8 Å². The van der Waals surface area contributed by atoms with E-state index in [0.717, 1.165) is 19.2 Å². The molecule has 0 saturated carbocycles. The van der Waals surface area contributed by atoms with Crippen LogP contribution in [0.1, 0.15) is 24.1 Å². The number of nitrogens with one attached hydrogen (secondary N) is 3. The second-order valence-electron chi connectivity index (χ2n) is 11.7. The number of phosphoric acid groups is 2. The van der Waals surface area contributed by atoms with E-state index in [2.05, 4.69) is 14.2 Å². The number of nitrogens with zero attached hydrogens (tertiary/aromatic N) is 1. The molecule has 1 aromatic rings. The normalized spacial score (nSPS) is 38.0. The van der Waals surface area contributed by atoms with E-state index in [-0.39, 0.29) is 12.3 Å². The summed E-state index contributed by atoms with van der Waals surface area (Å²) in [7, 11) is -12.5. The zero-order valence-corrected chi connectivity index (χ0v) is 30.7. The average molecular weight is 851 g/mol. The molecule has 16 atom stereocenters. The second-order valence-corrected chi connectivity index (χ2v) is 14.6. The Bertz CT molecular complexity index is 1780. The van der Waals surface area contributed by atoms with Crippen molar-refractivity contribution in [3.63, 3.8) is 0 Å². The number of hydrogen-bond donors (Lipinski definition) is 12. The fraction of sp³-hybridized carbons (Fsp3) is 0.760. The molecule has 0 bridgehead atoms. The Morgan fingerprint density at radius 3 is 2.04 bits per heavy atom. The number of H-pyrrole nitrogens is 1. The summed E-state index contributed by atoms with van der Waals surface area (Å²) in [4.78, 5) is 75.5. The van der Waals surface area contributed by atoms with Gasteiger partial charge in [0.1, 0.15) is 67.0 Å². The highest BCUT2D eigenvalue weighted by Gasteiger charge is 2.53. The summed E-state index contributed by atoms with van der Waals surface area (Å²) in [6.07, 6.45) is -23.0. The second kappa shape index (κ2) is 19.7. The minimum absolute atomic E-state index is 0. The van der Waals surface area contributed by atoms with Crippen molar-refractivity contribution < 1.29 is 101 Å². The minimum atomic E-state index is -6.37. The molecule has 0 radical (unpaired) electrons. The van der Waals surface area contributed by atoms with Crippen LogP contribution in [0, 0.1) is 0 Å². The maximum Gasteiger partial charge on any atom is 0.330 e. The molecule has 2 unspecified atom stereocenters. The number of quaternary nitrogens is 2. The summed E-state index contributed by atoms with van der Waals surface area (Å²) in [6, 6.07) is -3.21. The Hall–Kier alpha value is -2.64. The third-order valence-corrected chi connectivity index (χ3v) is 10.5. The van der Waals surface area contributed by atoms with Crippen molar-refractivity contribution in [2.45, 2.75) is 99.6 Å². The van der Waals surface area contributed by atoms with Crippen LogP contribution < -0.4 is 44.0 Å². The lowest BCUT2D eigenvalue weighted by molar-refractivity contribution is -0.327. The predicted molar refractivity (Wildman–Crippen MR) is 172 cm³/mol. The van der Waals surface area contributed by atoms with Crippen LogP contribution in [-0.2, 0) is 51.0 Å². The van der Waals surface area contributed by atoms with E-state index in [0.29, 0.717) is 4.57 Å². The average Bonchev–Trinajstić information content (AvgIpc) is 3.36. The first-order valence-corrected chi connectivity index (χ1v) is 18.1. The van der Waals surface area contributed by atoms with E-state index >= 15 is 0 Å². The largest absolute Gasteiger partial charge is 0.756 e. The van der Waals surface area contributed by atoms with Gasteiger partial charge in [0, 0.05) is 30.2 Å². The SMILES string of the molecule is [3H]C([3H])([3H])C(=O)N[C@H]1[C@@H](OP(=O)([O-])OP(=O)([O-])OC[C@H]2O[C@@H](n3ccc(=O)[nH]c3=O)[C@H](O)[C@@H]2O)O[C@H](CO)[C@@H](O)[C@@H]1O[C@@H]1O[C@H](CO)[C@@H](O)[C@H](O)[C@H]1NC(C)=O.[NH4+].[NH4+]. The number of rotatable bonds is 14. The fourth-order valence-corrected chi connectivity index (χ4v) is 7.63. The standard InChI is InChI=1S/C25H40N4O22P2.2H3N/c1-8(32)26-14-19(38)16(35)10(5-30)47-23(14)49-21-15(27-9(2)33)24(48-11(6-31)18(21)37)50-53(43,44)51-52(41,42)45-7-12-17(36)20(39)22(46-12)29-4-3-13(34)28-25(29)40;;/h3-4,10-12,14-24,30-31,35-39H,5-7H2,1-2H3,(H,26,32)(H,27,33)(H,41,42)(H,43,44)(H,28,34,40);2*1H3/t10-,11-,12-,14-,15-,16-,17-,18-,19-,20-,21-,22-,23+,24-;;/m1../s1/i2T3;;. The number of ether oxygens (including phenoxy) is 4. The molecule has 18 N–H and O–H groups in total. The minimum Gasteiger partial charge on any atom is -0.756 e. The molecule has 4 heterocycles. The summed E-state index contributed by atoms with van der Waals surface area (Å²) >= 11 is 0. The smallest absolute Gasteiger partial charge is 0.330 e. The van der Waals surface area contributed by atoms with E-state index in [4.69, 9.17) is 27.6 Å². The molecule has 28 nitrogen and oxygen atoms in total. The number of carbonyl (C=O) groups is 2. The number of aromatic amines is 1. The molecule has 55 heavy (non-hydrogen) atoms. The third kappa shape index (κ3) is 11.7. The van der Waals surface area contributed by atoms with Crippen LogP contribution in [0.15, 0.2) is 21.9 Å². The molecule has 4 rings (SSSR count). The van der Waals surface area contributed by atoms with Gasteiger partial charge in [-0.3, -0.25) is 37.6 Å². The summed E-state index contributed by atoms with van der Waals surface area (Å²) in [5, 5.41) is 76.2. The van der Waals surface area contributed by atoms with Gasteiger partial charge in [-0.2, -0.15) is 0 Å². The van der Waals surface area contributed by atoms with Gasteiger partial charge in [-0.25, -0.2) is 9.11 Å². The number of phosphoric ester groups is 2. The highest BCUT2D eigenvalue weighted by molar-refractivity contribution is 7.59. The Balaban J connectivity index is 0.00000580. The number of aliphatic hydroxyl groups is 7. The van der Waals surface area contributed by atoms with Crippen LogP contribution in [0.3, 0.4) is 0 Å². The molecule has 0 spiro atoms. The highest BCUT2D eigenvalue weighted by Crippen LogP contribution is 2.57. The summed E-state index contributed by atoms with van der Waals surface area (Å²) in [5.74, 6) is -2.72. The molecule has 3 aliphatic rings. The first kappa shape index (κ1) is 43.5. The molecule has 3 fully saturated rings. The van der Waals surface area contributed by atoms with Gasteiger partial charge < -0.3 is 91.9 Å². The van der Waals surface area contributed by atoms with Crippen LogP contribution in [0.2, 0.25) is 0 Å². The first-order chi connectivity index (χ1) is 25.9. The topological polar surface area (TPSA) is 473 Å². The molecule has 318 valence electrons. The van der Waals surface area contributed by atoms with Crippen molar-refractivity contribution in [1.29, 1.82) is 0 Å². The lowest BCUT2D eigenvalue weighted by atomic mass is 9.94. The van der Waals surface area contributed by atoms with Crippen LogP contribution in [0.4, 0.5) is 0 Å². The van der Waals surface area contributed by atoms with Crippen LogP contribution >= 0.6 is 15.6 Å². The van der Waals surface area contributed by atoms with Gasteiger partial charge in [-0.15, -0.1) is 0 Å². The molecule has 30 heteroatoms. The zero-order chi connectivity index (χ0) is 42.1. The van der Waals surface area contributed by atoms with Crippen LogP contribution in [0.25, 0.3) is 0 Å². The maximum absolute atomic E-state index is 13.0. The van der Waals surface area contributed by atoms with E-state index in [1.165, 1.54) is 0 Å². The van der Waals surface area contributed by atoms with E-state index in [1.54, 1.807) is 5.32 Å². The lowest BCUT2D eigenvalue weighted by Crippen LogP contribution is -2.69. The number of amides is 2. The van der Waals surface area contributed by atoms with Crippen LogP contribution in [-0.4, -0.2) is 157 Å². The molecule has 3 aliphatic heterocycles. The molecular weight excluding hydrogens is 798 g/mol. The monoisotopic (exact) mass is 850 g/mol. The molecular formula is C25H46N6O22P2. The maximum atomic E-state index is 13.0. The van der Waals surface area contributed by atoms with Gasteiger partial charge in [0.05, 0.1) is 19.8 Å². The molecule has 0 aromatic carbocycles. The van der Waals surface area contributed by atoms with E-state index in [9.17, 15) is 73.8 Å². The zero-order valence-electron chi connectivity index (χ0n) is 32.0. The third-order valence-electron chi connectivity index (χ3n) is 7.99. The number of carbonyl (C=O) groups excluding carboxylic acids is 2. The van der Waals surface area contributed by atoms with Gasteiger partial charge in [-0.1, -0.05) is 0 Å². The fourth-order valence-electron chi connectivity index (χ4n) is 5.55. The van der Waals surface area contributed by atoms with Crippen molar-refractivity contribution in [2.24, 2.45) is 0 Å². The van der Waals surface area contributed by atoms with Crippen molar-refractivity contribution in [2.75, 3.05) is 19.8 Å². The van der Waals surface area contributed by atoms with E-state index in [1.807, 2.05) is 4.98 Å². The summed E-state index contributed by atoms with van der Waals surface area (Å²) < 4.78 is 83.3. The Kier molecular flexibility index (Phi) is 15.6. The number of hydrogen-bond acceptors (Lipinski definition) is 22. The van der Waals surface area contributed by atoms with Gasteiger partial charge in [0.2, 0.25) is 11.8 Å². The van der Waals surface area contributed by atoms with Crippen molar-refractivity contribution >= 4 is 27.5 Å². The molecule has 1 aromatic heterocycles. The van der Waals surface area contributed by atoms with Gasteiger partial charge >= 0.3 is 5.69 Å². The van der Waals surface area contributed by atoms with Crippen molar-refractivity contribution in [3.05, 3.63) is 33.1 Å². The Morgan fingerprint density at radius 2 is 1.45 bits per heavy atom. The Morgan fingerprint density at radius 1 is 0.873 bits per heavy atom. The van der Waals surface area contributed by atoms with Gasteiger partial charge in [-0.05, 0) is 0 Å². The molecule has 3 saturated heterocycles. The molecule has 0 aliphatic carbocycles. The summed E-state index contributed by atoms with van der Waals surface area (Å²) in [6.45, 7) is -5.98. The van der Waals surface area contributed by atoms with Gasteiger partial charge in [0.25, 0.3) is 21.2 Å². The Labute approximate surface area is 313 Å². The predicted octanol–water partition coefficient (Wildman–Crippen LogP) is -7.19. The highest BCUT2D eigenvalue weighted by atomic mass is 31.3. The number of aromatic nitrogens is 2. The lowest BCUT2D eigenvalue weighted by Gasteiger charge is -2.48. The molecule has 2 amide bonds. The first-order valence-electron chi connectivity index (χ1n) is 16.7. The van der Waals surface area contributed by atoms with Crippen LogP contribution in [0.5, 0.6) is 0 Å². The number of aliphatic hydroxyl groups excluding tert-OH is 7. The summed E-state index contributed by atoms with van der Waals surface area (Å²) in [5.41, 5.74) is -1.92.